The van der Waals surface area contributed by atoms with Gasteiger partial charge in [-0.05, 0) is 12.1 Å². The summed E-state index contributed by atoms with van der Waals surface area (Å²) < 4.78 is 30.7. The Morgan fingerprint density at radius 1 is 1.32 bits per heavy atom. The van der Waals surface area contributed by atoms with Crippen molar-refractivity contribution in [1.29, 1.82) is 0 Å². The number of nitrogens with zero attached hydrogens (tertiary/aromatic N) is 5. The van der Waals surface area contributed by atoms with Crippen LogP contribution in [0.15, 0.2) is 30.7 Å². The molecular formula is C18H20F2N6O2. The number of fused-ring (bicyclic) bond motifs is 1. The van der Waals surface area contributed by atoms with Gasteiger partial charge in [-0.15, -0.1) is 0 Å². The summed E-state index contributed by atoms with van der Waals surface area (Å²) in [4.78, 5) is 23.2. The second-order valence-corrected chi connectivity index (χ2v) is 6.62. The molecule has 0 unspecified atom stereocenters. The normalized spacial score (nSPS) is 14.9. The van der Waals surface area contributed by atoms with E-state index in [9.17, 15) is 13.6 Å². The predicted octanol–water partition coefficient (Wildman–Crippen LogP) is 2.49. The lowest BCUT2D eigenvalue weighted by atomic mass is 10.2. The quantitative estimate of drug-likeness (QED) is 0.741. The molecule has 0 bridgehead atoms. The minimum Gasteiger partial charge on any atom is -0.443 e. The van der Waals surface area contributed by atoms with E-state index >= 15 is 0 Å². The summed E-state index contributed by atoms with van der Waals surface area (Å²) >= 11 is 0. The number of nitrogens with one attached hydrogen (secondary N) is 1. The SMILES string of the molecule is Cn1cc(-c2cc3c(N4CCN(C(=O)OCC(F)F)CC4)ccnc3[nH]2)cn1. The Morgan fingerprint density at radius 3 is 2.79 bits per heavy atom. The van der Waals surface area contributed by atoms with Crippen molar-refractivity contribution in [2.24, 2.45) is 7.05 Å². The van der Waals surface area contributed by atoms with E-state index in [1.165, 1.54) is 4.90 Å². The molecule has 0 spiro atoms. The number of aromatic nitrogens is 4. The number of carbonyl (C=O) groups is 1. The van der Waals surface area contributed by atoms with Crippen LogP contribution in [0.5, 0.6) is 0 Å². The van der Waals surface area contributed by atoms with E-state index in [2.05, 4.69) is 24.7 Å². The Kier molecular flexibility index (Phi) is 4.84. The number of aryl methyl sites for hydroxylation is 1. The van der Waals surface area contributed by atoms with Crippen molar-refractivity contribution in [3.63, 3.8) is 0 Å². The fraction of sp³-hybridized carbons (Fsp3) is 0.389. The van der Waals surface area contributed by atoms with Gasteiger partial charge in [0.05, 0.1) is 11.9 Å². The van der Waals surface area contributed by atoms with Gasteiger partial charge in [-0.25, -0.2) is 18.6 Å². The molecule has 28 heavy (non-hydrogen) atoms. The van der Waals surface area contributed by atoms with Gasteiger partial charge >= 0.3 is 6.09 Å². The van der Waals surface area contributed by atoms with Crippen LogP contribution >= 0.6 is 0 Å². The molecule has 0 aromatic carbocycles. The summed E-state index contributed by atoms with van der Waals surface area (Å²) in [5.74, 6) is 0. The lowest BCUT2D eigenvalue weighted by Crippen LogP contribution is -2.49. The van der Waals surface area contributed by atoms with Crippen LogP contribution in [0.3, 0.4) is 0 Å². The molecule has 0 saturated carbocycles. The second-order valence-electron chi connectivity index (χ2n) is 6.62. The van der Waals surface area contributed by atoms with Crippen LogP contribution in [0.2, 0.25) is 0 Å². The Balaban J connectivity index is 1.49. The molecule has 8 nitrogen and oxygen atoms in total. The predicted molar refractivity (Wildman–Crippen MR) is 99.4 cm³/mol. The van der Waals surface area contributed by atoms with Gasteiger partial charge in [-0.2, -0.15) is 5.10 Å². The smallest absolute Gasteiger partial charge is 0.410 e. The third-order valence-electron chi connectivity index (χ3n) is 4.74. The van der Waals surface area contributed by atoms with E-state index in [4.69, 9.17) is 0 Å². The van der Waals surface area contributed by atoms with E-state index in [1.54, 1.807) is 17.1 Å². The first kappa shape index (κ1) is 18.2. The molecule has 3 aromatic rings. The molecule has 4 rings (SSSR count). The number of alkyl halides is 2. The van der Waals surface area contributed by atoms with E-state index in [1.807, 2.05) is 25.4 Å². The second kappa shape index (κ2) is 7.45. The highest BCUT2D eigenvalue weighted by Crippen LogP contribution is 2.30. The number of aromatic amines is 1. The number of piperazine rings is 1. The average molecular weight is 390 g/mol. The van der Waals surface area contributed by atoms with Crippen molar-refractivity contribution in [1.82, 2.24) is 24.6 Å². The van der Waals surface area contributed by atoms with Crippen molar-refractivity contribution in [3.8, 4) is 11.3 Å². The van der Waals surface area contributed by atoms with Crippen molar-refractivity contribution in [2.45, 2.75) is 6.43 Å². The summed E-state index contributed by atoms with van der Waals surface area (Å²) in [6, 6.07) is 3.98. The van der Waals surface area contributed by atoms with Crippen LogP contribution in [0, 0.1) is 0 Å². The van der Waals surface area contributed by atoms with E-state index in [0.29, 0.717) is 26.2 Å². The summed E-state index contributed by atoms with van der Waals surface area (Å²) in [5, 5.41) is 5.18. The van der Waals surface area contributed by atoms with Gasteiger partial charge in [0, 0.05) is 62.3 Å². The molecule has 1 fully saturated rings. The van der Waals surface area contributed by atoms with Gasteiger partial charge in [0.2, 0.25) is 0 Å². The highest BCUT2D eigenvalue weighted by Gasteiger charge is 2.24. The fourth-order valence-corrected chi connectivity index (χ4v) is 3.36. The molecule has 0 aliphatic carbocycles. The molecule has 3 aromatic heterocycles. The number of anilines is 1. The van der Waals surface area contributed by atoms with Gasteiger partial charge in [0.1, 0.15) is 5.65 Å². The highest BCUT2D eigenvalue weighted by atomic mass is 19.3. The summed E-state index contributed by atoms with van der Waals surface area (Å²) in [7, 11) is 1.86. The first-order chi connectivity index (χ1) is 13.5. The number of carbonyl (C=O) groups excluding carboxylic acids is 1. The Labute approximate surface area is 159 Å². The van der Waals surface area contributed by atoms with Crippen LogP contribution in [-0.2, 0) is 11.8 Å². The van der Waals surface area contributed by atoms with Crippen molar-refractivity contribution < 1.29 is 18.3 Å². The number of pyridine rings is 1. The van der Waals surface area contributed by atoms with Gasteiger partial charge in [0.25, 0.3) is 6.43 Å². The molecule has 1 saturated heterocycles. The summed E-state index contributed by atoms with van der Waals surface area (Å²) in [6.07, 6.45) is 2.10. The zero-order chi connectivity index (χ0) is 19.7. The van der Waals surface area contributed by atoms with Crippen LogP contribution in [0.25, 0.3) is 22.3 Å². The maximum absolute atomic E-state index is 12.2. The number of rotatable bonds is 4. The van der Waals surface area contributed by atoms with Crippen LogP contribution in [0.4, 0.5) is 19.3 Å². The minimum atomic E-state index is -2.65. The van der Waals surface area contributed by atoms with Crippen molar-refractivity contribution in [2.75, 3.05) is 37.7 Å². The lowest BCUT2D eigenvalue weighted by Gasteiger charge is -2.35. The first-order valence-electron chi connectivity index (χ1n) is 8.93. The van der Waals surface area contributed by atoms with Crippen molar-refractivity contribution in [3.05, 3.63) is 30.7 Å². The van der Waals surface area contributed by atoms with E-state index < -0.39 is 19.1 Å². The van der Waals surface area contributed by atoms with Gasteiger partial charge < -0.3 is 19.5 Å². The maximum atomic E-state index is 12.2. The number of hydrogen-bond donors (Lipinski definition) is 1. The number of H-pyrrole nitrogens is 1. The van der Waals surface area contributed by atoms with Crippen LogP contribution in [-0.4, -0.2) is 70.0 Å². The third-order valence-corrected chi connectivity index (χ3v) is 4.74. The molecule has 10 heteroatoms. The topological polar surface area (TPSA) is 79.3 Å². The Hall–Kier alpha value is -3.17. The summed E-state index contributed by atoms with van der Waals surface area (Å²) in [6.45, 7) is 1.11. The van der Waals surface area contributed by atoms with Crippen molar-refractivity contribution >= 4 is 22.8 Å². The maximum Gasteiger partial charge on any atom is 0.410 e. The number of halogens is 2. The fourth-order valence-electron chi connectivity index (χ4n) is 3.36. The lowest BCUT2D eigenvalue weighted by molar-refractivity contribution is 0.0311. The van der Waals surface area contributed by atoms with E-state index in [0.717, 1.165) is 28.0 Å². The zero-order valence-corrected chi connectivity index (χ0v) is 15.3. The average Bonchev–Trinajstić information content (AvgIpc) is 3.32. The Bertz CT molecular complexity index is 978. The largest absolute Gasteiger partial charge is 0.443 e. The standard InChI is InChI=1S/C18H20F2N6O2/c1-24-10-12(9-22-24)14-8-13-15(2-3-21-17(13)23-14)25-4-6-26(7-5-25)18(27)28-11-16(19)20/h2-3,8-10,16H,4-7,11H2,1H3,(H,21,23). The molecule has 1 N–H and O–H groups in total. The number of ether oxygens (including phenoxy) is 1. The van der Waals surface area contributed by atoms with E-state index in [-0.39, 0.29) is 0 Å². The number of hydrogen-bond acceptors (Lipinski definition) is 5. The molecule has 0 atom stereocenters. The third kappa shape index (κ3) is 3.62. The molecule has 1 amide bonds. The van der Waals surface area contributed by atoms with Gasteiger partial charge in [-0.1, -0.05) is 0 Å². The molecule has 1 aliphatic rings. The zero-order valence-electron chi connectivity index (χ0n) is 15.3. The molecule has 148 valence electrons. The monoisotopic (exact) mass is 390 g/mol. The molecule has 0 radical (unpaired) electrons. The molecule has 1 aliphatic heterocycles. The van der Waals surface area contributed by atoms with Crippen LogP contribution in [0.1, 0.15) is 0 Å². The van der Waals surface area contributed by atoms with Gasteiger partial charge in [-0.3, -0.25) is 4.68 Å². The number of amides is 1. The van der Waals surface area contributed by atoms with Crippen LogP contribution < -0.4 is 4.90 Å². The minimum absolute atomic E-state index is 0.409. The first-order valence-corrected chi connectivity index (χ1v) is 8.93. The highest BCUT2D eigenvalue weighted by molar-refractivity contribution is 5.93. The summed E-state index contributed by atoms with van der Waals surface area (Å²) in [5.41, 5.74) is 3.68. The molecular weight excluding hydrogens is 370 g/mol. The molecule has 4 heterocycles. The van der Waals surface area contributed by atoms with Gasteiger partial charge in [0.15, 0.2) is 6.61 Å². The Morgan fingerprint density at radius 2 is 2.11 bits per heavy atom.